The van der Waals surface area contributed by atoms with Crippen LogP contribution in [0.2, 0.25) is 0 Å². The molecule has 0 spiro atoms. The molecule has 1 heterocycles. The van der Waals surface area contributed by atoms with Gasteiger partial charge in [0.15, 0.2) is 0 Å². The van der Waals surface area contributed by atoms with Crippen molar-refractivity contribution in [3.05, 3.63) is 29.8 Å². The van der Waals surface area contributed by atoms with Gasteiger partial charge in [0.2, 0.25) is 0 Å². The Hall–Kier alpha value is -1.24. The summed E-state index contributed by atoms with van der Waals surface area (Å²) in [6.45, 7) is 5.07. The summed E-state index contributed by atoms with van der Waals surface area (Å²) in [4.78, 5) is 13.7. The monoisotopic (exact) mass is 282 g/mol. The van der Waals surface area contributed by atoms with Gasteiger partial charge in [-0.2, -0.15) is 0 Å². The highest BCUT2D eigenvalue weighted by Crippen LogP contribution is 2.12. The summed E-state index contributed by atoms with van der Waals surface area (Å²) in [5.41, 5.74) is 0.207. The van der Waals surface area contributed by atoms with Crippen LogP contribution < -0.4 is 4.72 Å². The van der Waals surface area contributed by atoms with Gasteiger partial charge in [-0.25, -0.2) is 13.7 Å². The highest BCUT2D eigenvalue weighted by atomic mass is 32.2. The van der Waals surface area contributed by atoms with Crippen LogP contribution in [-0.2, 0) is 11.0 Å². The van der Waals surface area contributed by atoms with Crippen LogP contribution in [0.25, 0.3) is 0 Å². The third-order valence-corrected chi connectivity index (χ3v) is 4.56. The fourth-order valence-electron chi connectivity index (χ4n) is 2.16. The van der Waals surface area contributed by atoms with Crippen molar-refractivity contribution in [2.45, 2.75) is 24.3 Å². The average Bonchev–Trinajstić information content (AvgIpc) is 2.86. The minimum Gasteiger partial charge on any atom is -0.478 e. The van der Waals surface area contributed by atoms with Crippen LogP contribution in [0, 0.1) is 0 Å². The molecule has 6 heteroatoms. The molecule has 19 heavy (non-hydrogen) atoms. The van der Waals surface area contributed by atoms with Gasteiger partial charge < -0.3 is 10.0 Å². The van der Waals surface area contributed by atoms with E-state index in [-0.39, 0.29) is 11.6 Å². The Balaban J connectivity index is 1.95. The quantitative estimate of drug-likeness (QED) is 0.848. The van der Waals surface area contributed by atoms with Gasteiger partial charge in [0, 0.05) is 12.6 Å². The number of hydrogen-bond acceptors (Lipinski definition) is 3. The Bertz CT molecular complexity index is 475. The van der Waals surface area contributed by atoms with Crippen molar-refractivity contribution in [2.24, 2.45) is 0 Å². The predicted octanol–water partition coefficient (Wildman–Crippen LogP) is 1.09. The topological polar surface area (TPSA) is 69.6 Å². The van der Waals surface area contributed by atoms with E-state index in [1.165, 1.54) is 12.1 Å². The first-order valence-corrected chi connectivity index (χ1v) is 7.48. The zero-order valence-electron chi connectivity index (χ0n) is 10.8. The van der Waals surface area contributed by atoms with Crippen molar-refractivity contribution < 1.29 is 14.1 Å². The fourth-order valence-corrected chi connectivity index (χ4v) is 3.17. The Kier molecular flexibility index (Phi) is 4.68. The number of nitrogens with one attached hydrogen (secondary N) is 1. The second-order valence-electron chi connectivity index (χ2n) is 4.59. The molecule has 104 valence electrons. The maximum absolute atomic E-state index is 12.1. The number of benzene rings is 1. The first kappa shape index (κ1) is 14.2. The molecule has 2 rings (SSSR count). The summed E-state index contributed by atoms with van der Waals surface area (Å²) < 4.78 is 15.2. The van der Waals surface area contributed by atoms with Crippen molar-refractivity contribution in [2.75, 3.05) is 19.6 Å². The maximum atomic E-state index is 12.1. The number of likely N-dealkylation sites (tertiary alicyclic amines) is 1. The molecule has 2 atom stereocenters. The lowest BCUT2D eigenvalue weighted by molar-refractivity contribution is 0.0697. The molecule has 0 saturated carbocycles. The molecule has 0 aliphatic carbocycles. The first-order chi connectivity index (χ1) is 9.10. The molecule has 1 aromatic carbocycles. The van der Waals surface area contributed by atoms with E-state index < -0.39 is 17.0 Å². The van der Waals surface area contributed by atoms with E-state index in [1.54, 1.807) is 12.1 Å². The SMILES string of the molecule is CCN1CCC(NS(=O)c2ccc(C(=O)O)cc2)C1. The number of carboxylic acids is 1. The zero-order valence-corrected chi connectivity index (χ0v) is 11.7. The molecule has 5 nitrogen and oxygen atoms in total. The fraction of sp³-hybridized carbons (Fsp3) is 0.462. The lowest BCUT2D eigenvalue weighted by Crippen LogP contribution is -2.33. The van der Waals surface area contributed by atoms with Gasteiger partial charge >= 0.3 is 5.97 Å². The van der Waals surface area contributed by atoms with Crippen molar-refractivity contribution >= 4 is 17.0 Å². The number of hydrogen-bond donors (Lipinski definition) is 2. The number of carbonyl (C=O) groups is 1. The molecule has 1 aromatic rings. The van der Waals surface area contributed by atoms with Crippen molar-refractivity contribution in [1.82, 2.24) is 9.62 Å². The van der Waals surface area contributed by atoms with Gasteiger partial charge in [-0.05, 0) is 43.8 Å². The van der Waals surface area contributed by atoms with Crippen LogP contribution in [0.1, 0.15) is 23.7 Å². The second kappa shape index (κ2) is 6.27. The van der Waals surface area contributed by atoms with Gasteiger partial charge in [0.1, 0.15) is 11.0 Å². The molecule has 2 unspecified atom stereocenters. The van der Waals surface area contributed by atoms with Crippen LogP contribution in [0.15, 0.2) is 29.2 Å². The smallest absolute Gasteiger partial charge is 0.335 e. The molecule has 0 amide bonds. The first-order valence-electron chi connectivity index (χ1n) is 6.33. The van der Waals surface area contributed by atoms with Gasteiger partial charge in [0.25, 0.3) is 0 Å². The molecule has 0 radical (unpaired) electrons. The van der Waals surface area contributed by atoms with E-state index in [9.17, 15) is 9.00 Å². The standard InChI is InChI=1S/C13H18N2O3S/c1-2-15-8-7-11(9-15)14-19(18)12-5-3-10(4-6-12)13(16)17/h3-6,11,14H,2,7-9H2,1H3,(H,16,17). The van der Waals surface area contributed by atoms with Gasteiger partial charge in [-0.15, -0.1) is 0 Å². The van der Waals surface area contributed by atoms with E-state index in [4.69, 9.17) is 5.11 Å². The van der Waals surface area contributed by atoms with Crippen LogP contribution in [0.3, 0.4) is 0 Å². The second-order valence-corrected chi connectivity index (χ2v) is 5.84. The Morgan fingerprint density at radius 2 is 2.16 bits per heavy atom. The summed E-state index contributed by atoms with van der Waals surface area (Å²) in [5, 5.41) is 8.80. The van der Waals surface area contributed by atoms with Crippen molar-refractivity contribution in [3.8, 4) is 0 Å². The normalized spacial score (nSPS) is 21.4. The number of carboxylic acid groups (broad SMARTS) is 1. The molecule has 1 fully saturated rings. The largest absolute Gasteiger partial charge is 0.478 e. The molecule has 0 bridgehead atoms. The summed E-state index contributed by atoms with van der Waals surface area (Å²) in [7, 11) is -1.28. The van der Waals surface area contributed by atoms with E-state index in [2.05, 4.69) is 16.5 Å². The van der Waals surface area contributed by atoms with Crippen molar-refractivity contribution in [3.63, 3.8) is 0 Å². The lowest BCUT2D eigenvalue weighted by atomic mass is 10.2. The molecule has 1 aliphatic heterocycles. The number of nitrogens with zero attached hydrogens (tertiary/aromatic N) is 1. The van der Waals surface area contributed by atoms with E-state index in [0.29, 0.717) is 4.90 Å². The Morgan fingerprint density at radius 3 is 2.68 bits per heavy atom. The number of likely N-dealkylation sites (N-methyl/N-ethyl adjacent to an activating group) is 1. The van der Waals surface area contributed by atoms with Crippen LogP contribution in [0.5, 0.6) is 0 Å². The lowest BCUT2D eigenvalue weighted by Gasteiger charge is -2.14. The summed E-state index contributed by atoms with van der Waals surface area (Å²) in [5.74, 6) is -0.973. The zero-order chi connectivity index (χ0) is 13.8. The Morgan fingerprint density at radius 1 is 1.47 bits per heavy atom. The van der Waals surface area contributed by atoms with Crippen LogP contribution in [-0.4, -0.2) is 45.9 Å². The van der Waals surface area contributed by atoms with E-state index >= 15 is 0 Å². The molecule has 1 saturated heterocycles. The molecule has 2 N–H and O–H groups in total. The highest BCUT2D eigenvalue weighted by molar-refractivity contribution is 7.83. The number of aromatic carboxylic acids is 1. The highest BCUT2D eigenvalue weighted by Gasteiger charge is 2.22. The maximum Gasteiger partial charge on any atom is 0.335 e. The summed E-state index contributed by atoms with van der Waals surface area (Å²) >= 11 is 0. The number of rotatable bonds is 5. The van der Waals surface area contributed by atoms with Gasteiger partial charge in [-0.3, -0.25) is 0 Å². The third-order valence-electron chi connectivity index (χ3n) is 3.31. The van der Waals surface area contributed by atoms with Crippen LogP contribution >= 0.6 is 0 Å². The predicted molar refractivity (Wildman–Crippen MR) is 73.5 cm³/mol. The van der Waals surface area contributed by atoms with E-state index in [1.807, 2.05) is 0 Å². The van der Waals surface area contributed by atoms with Gasteiger partial charge in [0.05, 0.1) is 10.5 Å². The van der Waals surface area contributed by atoms with Gasteiger partial charge in [-0.1, -0.05) is 6.92 Å². The van der Waals surface area contributed by atoms with Crippen molar-refractivity contribution in [1.29, 1.82) is 0 Å². The minimum atomic E-state index is -1.28. The molecular formula is C13H18N2O3S. The molecule has 0 aromatic heterocycles. The summed E-state index contributed by atoms with van der Waals surface area (Å²) in [6.07, 6.45) is 0.993. The molecular weight excluding hydrogens is 264 g/mol. The molecule has 1 aliphatic rings. The summed E-state index contributed by atoms with van der Waals surface area (Å²) in [6, 6.07) is 6.38. The average molecular weight is 282 g/mol. The van der Waals surface area contributed by atoms with E-state index in [0.717, 1.165) is 26.1 Å². The third kappa shape index (κ3) is 3.62. The van der Waals surface area contributed by atoms with Crippen LogP contribution in [0.4, 0.5) is 0 Å². The Labute approximate surface area is 115 Å². The minimum absolute atomic E-state index is 0.207.